The Morgan fingerprint density at radius 1 is 1.53 bits per heavy atom. The van der Waals surface area contributed by atoms with E-state index in [4.69, 9.17) is 21.4 Å². The van der Waals surface area contributed by atoms with E-state index in [9.17, 15) is 4.79 Å². The Morgan fingerprint density at radius 2 is 2.24 bits per heavy atom. The molecule has 0 saturated heterocycles. The van der Waals surface area contributed by atoms with Crippen LogP contribution in [0.1, 0.15) is 12.0 Å². The summed E-state index contributed by atoms with van der Waals surface area (Å²) < 4.78 is 5.19. The normalized spacial score (nSPS) is 12.6. The third-order valence-corrected chi connectivity index (χ3v) is 2.70. The maximum absolute atomic E-state index is 11.1. The van der Waals surface area contributed by atoms with E-state index in [0.717, 1.165) is 5.56 Å². The van der Waals surface area contributed by atoms with Crippen molar-refractivity contribution in [3.05, 3.63) is 41.4 Å². The maximum Gasteiger partial charge on any atom is 0.307 e. The third-order valence-electron chi connectivity index (χ3n) is 2.52. The average Bonchev–Trinajstić information content (AvgIpc) is 2.34. The lowest BCUT2D eigenvalue weighted by molar-refractivity contribution is -0.141. The first-order chi connectivity index (χ1) is 8.19. The highest BCUT2D eigenvalue weighted by Gasteiger charge is 2.18. The molecule has 0 bridgehead atoms. The van der Waals surface area contributed by atoms with E-state index in [2.05, 4.69) is 0 Å². The van der Waals surface area contributed by atoms with Gasteiger partial charge in [0.25, 0.3) is 0 Å². The van der Waals surface area contributed by atoms with Gasteiger partial charge in [0.2, 0.25) is 0 Å². The highest BCUT2D eigenvalue weighted by molar-refractivity contribution is 6.25. The zero-order chi connectivity index (χ0) is 12.7. The molecule has 0 aliphatic rings. The minimum atomic E-state index is -0.828. The van der Waals surface area contributed by atoms with Crippen LogP contribution in [0.2, 0.25) is 0 Å². The molecule has 0 spiro atoms. The molecule has 0 aliphatic carbocycles. The molecule has 0 fully saturated rings. The van der Waals surface area contributed by atoms with Gasteiger partial charge in [-0.3, -0.25) is 4.79 Å². The summed E-state index contributed by atoms with van der Waals surface area (Å²) in [5.74, 6) is -0.597. The Labute approximate surface area is 106 Å². The van der Waals surface area contributed by atoms with E-state index >= 15 is 0 Å². The van der Waals surface area contributed by atoms with Crippen LogP contribution in [0, 0.1) is 5.92 Å². The zero-order valence-electron chi connectivity index (χ0n) is 9.60. The Bertz CT molecular complexity index is 401. The Hall–Kier alpha value is -1.48. The van der Waals surface area contributed by atoms with E-state index in [1.54, 1.807) is 13.2 Å². The average molecular weight is 255 g/mol. The summed E-state index contributed by atoms with van der Waals surface area (Å²) in [7, 11) is 1.58. The van der Waals surface area contributed by atoms with Crippen LogP contribution in [-0.2, 0) is 11.2 Å². The van der Waals surface area contributed by atoms with Gasteiger partial charge in [0.05, 0.1) is 13.0 Å². The summed E-state index contributed by atoms with van der Waals surface area (Å²) in [6.07, 6.45) is 2.49. The van der Waals surface area contributed by atoms with Gasteiger partial charge in [0.15, 0.2) is 0 Å². The highest BCUT2D eigenvalue weighted by atomic mass is 35.5. The van der Waals surface area contributed by atoms with Gasteiger partial charge in [-0.05, 0) is 24.5 Å². The van der Waals surface area contributed by atoms with Crippen LogP contribution in [0.3, 0.4) is 0 Å². The lowest BCUT2D eigenvalue weighted by atomic mass is 9.96. The second-order valence-corrected chi connectivity index (χ2v) is 3.90. The van der Waals surface area contributed by atoms with Crippen molar-refractivity contribution in [1.82, 2.24) is 0 Å². The number of para-hydroxylation sites is 1. The van der Waals surface area contributed by atoms with Gasteiger partial charge < -0.3 is 9.84 Å². The summed E-state index contributed by atoms with van der Waals surface area (Å²) >= 11 is 5.41. The van der Waals surface area contributed by atoms with E-state index in [0.29, 0.717) is 18.6 Å². The number of hydrogen-bond donors (Lipinski definition) is 1. The Kier molecular flexibility index (Phi) is 5.57. The van der Waals surface area contributed by atoms with Crippen molar-refractivity contribution in [2.75, 3.05) is 7.11 Å². The fraction of sp³-hybridized carbons (Fsp3) is 0.308. The van der Waals surface area contributed by atoms with E-state index in [-0.39, 0.29) is 0 Å². The smallest absolute Gasteiger partial charge is 0.307 e. The van der Waals surface area contributed by atoms with Crippen molar-refractivity contribution < 1.29 is 14.6 Å². The fourth-order valence-electron chi connectivity index (χ4n) is 1.62. The molecule has 1 aromatic carbocycles. The van der Waals surface area contributed by atoms with Crippen LogP contribution in [0.5, 0.6) is 5.75 Å². The van der Waals surface area contributed by atoms with Crippen LogP contribution >= 0.6 is 11.6 Å². The predicted octanol–water partition coefficient (Wildman–Crippen LogP) is 3.08. The SMILES string of the molecule is COc1ccccc1CC(C/C=C/Cl)C(=O)O. The highest BCUT2D eigenvalue weighted by Crippen LogP contribution is 2.22. The number of carbonyl (C=O) groups is 1. The fourth-order valence-corrected chi connectivity index (χ4v) is 1.73. The van der Waals surface area contributed by atoms with Crippen molar-refractivity contribution in [3.63, 3.8) is 0 Å². The second-order valence-electron chi connectivity index (χ2n) is 3.65. The first-order valence-corrected chi connectivity index (χ1v) is 5.72. The molecule has 1 unspecified atom stereocenters. The summed E-state index contributed by atoms with van der Waals surface area (Å²) in [6, 6.07) is 7.43. The summed E-state index contributed by atoms with van der Waals surface area (Å²) in [6.45, 7) is 0. The van der Waals surface area contributed by atoms with E-state index in [1.165, 1.54) is 5.54 Å². The van der Waals surface area contributed by atoms with Crippen LogP contribution < -0.4 is 4.74 Å². The molecule has 92 valence electrons. The quantitative estimate of drug-likeness (QED) is 0.849. The first-order valence-electron chi connectivity index (χ1n) is 5.29. The summed E-state index contributed by atoms with van der Waals surface area (Å²) in [5.41, 5.74) is 2.24. The van der Waals surface area contributed by atoms with Crippen LogP contribution in [-0.4, -0.2) is 18.2 Å². The van der Waals surface area contributed by atoms with Gasteiger partial charge in [0.1, 0.15) is 5.75 Å². The number of hydrogen-bond acceptors (Lipinski definition) is 2. The standard InChI is InChI=1S/C13H15ClO3/c1-17-12-7-3-2-5-10(12)9-11(13(15)16)6-4-8-14/h2-5,7-8,11H,6,9H2,1H3,(H,15,16)/b8-4+. The molecule has 17 heavy (non-hydrogen) atoms. The molecule has 0 amide bonds. The molecule has 1 aromatic rings. The van der Waals surface area contributed by atoms with Crippen molar-refractivity contribution in [3.8, 4) is 5.75 Å². The first kappa shape index (κ1) is 13.6. The predicted molar refractivity (Wildman–Crippen MR) is 67.4 cm³/mol. The number of benzene rings is 1. The molecular weight excluding hydrogens is 240 g/mol. The number of rotatable bonds is 6. The minimum absolute atomic E-state index is 0.414. The molecule has 0 aromatic heterocycles. The number of carboxylic acids is 1. The van der Waals surface area contributed by atoms with Crippen LogP contribution in [0.25, 0.3) is 0 Å². The van der Waals surface area contributed by atoms with Crippen molar-refractivity contribution >= 4 is 17.6 Å². The maximum atomic E-state index is 11.1. The van der Waals surface area contributed by atoms with Gasteiger partial charge in [0, 0.05) is 5.54 Å². The number of halogens is 1. The number of ether oxygens (including phenoxy) is 1. The second kappa shape index (κ2) is 6.97. The number of allylic oxidation sites excluding steroid dienone is 1. The van der Waals surface area contributed by atoms with Gasteiger partial charge in [-0.25, -0.2) is 0 Å². The van der Waals surface area contributed by atoms with Gasteiger partial charge in [-0.2, -0.15) is 0 Å². The molecule has 3 nitrogen and oxygen atoms in total. The van der Waals surface area contributed by atoms with E-state index < -0.39 is 11.9 Å². The number of carboxylic acid groups (broad SMARTS) is 1. The van der Waals surface area contributed by atoms with Gasteiger partial charge >= 0.3 is 5.97 Å². The lowest BCUT2D eigenvalue weighted by Crippen LogP contribution is -2.16. The summed E-state index contributed by atoms with van der Waals surface area (Å²) in [4.78, 5) is 11.1. The topological polar surface area (TPSA) is 46.5 Å². The number of methoxy groups -OCH3 is 1. The Morgan fingerprint density at radius 3 is 2.82 bits per heavy atom. The van der Waals surface area contributed by atoms with Gasteiger partial charge in [-0.1, -0.05) is 35.9 Å². The van der Waals surface area contributed by atoms with Crippen LogP contribution in [0.15, 0.2) is 35.9 Å². The van der Waals surface area contributed by atoms with Crippen molar-refractivity contribution in [1.29, 1.82) is 0 Å². The molecule has 4 heteroatoms. The number of aliphatic carboxylic acids is 1. The molecule has 1 rings (SSSR count). The van der Waals surface area contributed by atoms with E-state index in [1.807, 2.05) is 24.3 Å². The van der Waals surface area contributed by atoms with Gasteiger partial charge in [-0.15, -0.1) is 0 Å². The summed E-state index contributed by atoms with van der Waals surface area (Å²) in [5, 5.41) is 9.11. The molecular formula is C13H15ClO3. The molecule has 0 radical (unpaired) electrons. The molecule has 1 atom stereocenters. The molecule has 0 saturated carbocycles. The minimum Gasteiger partial charge on any atom is -0.496 e. The van der Waals surface area contributed by atoms with Crippen molar-refractivity contribution in [2.24, 2.45) is 5.92 Å². The monoisotopic (exact) mass is 254 g/mol. The zero-order valence-corrected chi connectivity index (χ0v) is 10.4. The van der Waals surface area contributed by atoms with Crippen LogP contribution in [0.4, 0.5) is 0 Å². The lowest BCUT2D eigenvalue weighted by Gasteiger charge is -2.12. The Balaban J connectivity index is 2.81. The molecule has 0 aliphatic heterocycles. The third kappa shape index (κ3) is 4.11. The molecule has 1 N–H and O–H groups in total. The molecule has 0 heterocycles. The van der Waals surface area contributed by atoms with Crippen molar-refractivity contribution in [2.45, 2.75) is 12.8 Å². The largest absolute Gasteiger partial charge is 0.496 e.